The predicted molar refractivity (Wildman–Crippen MR) is 98.0 cm³/mol. The standard InChI is InChI=1S/C14H14Br2N4O4S/c15-9-1-3-11(4-2-9)25(23,24)18-6-5-13(21)19-20-14(22)12-7-10(16)8-17-12/h1-4,7-8,17-18H,5-6H2,(H,19,21)(H,20,22). The van der Waals surface area contributed by atoms with E-state index < -0.39 is 21.8 Å². The average molecular weight is 494 g/mol. The molecule has 0 aliphatic carbocycles. The van der Waals surface area contributed by atoms with Gasteiger partial charge in [0.2, 0.25) is 15.9 Å². The summed E-state index contributed by atoms with van der Waals surface area (Å²) >= 11 is 6.41. The van der Waals surface area contributed by atoms with Gasteiger partial charge in [0.25, 0.3) is 5.91 Å². The molecule has 4 N–H and O–H groups in total. The molecule has 2 rings (SSSR count). The van der Waals surface area contributed by atoms with E-state index in [4.69, 9.17) is 0 Å². The quantitative estimate of drug-likeness (QED) is 0.457. The van der Waals surface area contributed by atoms with Crippen molar-refractivity contribution in [2.45, 2.75) is 11.3 Å². The van der Waals surface area contributed by atoms with Gasteiger partial charge in [0, 0.05) is 28.1 Å². The number of carbonyl (C=O) groups excluding carboxylic acids is 2. The van der Waals surface area contributed by atoms with E-state index in [2.05, 4.69) is 52.4 Å². The van der Waals surface area contributed by atoms with Gasteiger partial charge >= 0.3 is 0 Å². The summed E-state index contributed by atoms with van der Waals surface area (Å²) < 4.78 is 27.9. The van der Waals surface area contributed by atoms with Crippen LogP contribution in [0.25, 0.3) is 0 Å². The molecule has 8 nitrogen and oxygen atoms in total. The van der Waals surface area contributed by atoms with Crippen LogP contribution in [0.2, 0.25) is 0 Å². The number of aromatic nitrogens is 1. The lowest BCUT2D eigenvalue weighted by Gasteiger charge is -2.08. The minimum Gasteiger partial charge on any atom is -0.356 e. The topological polar surface area (TPSA) is 120 Å². The van der Waals surface area contributed by atoms with E-state index in [0.717, 1.165) is 4.47 Å². The molecule has 0 saturated heterocycles. The Labute approximate surface area is 161 Å². The van der Waals surface area contributed by atoms with Crippen LogP contribution >= 0.6 is 31.9 Å². The maximum Gasteiger partial charge on any atom is 0.286 e. The molecule has 0 aliphatic heterocycles. The number of nitrogens with one attached hydrogen (secondary N) is 4. The number of sulfonamides is 1. The SMILES string of the molecule is O=C(CCNS(=O)(=O)c1ccc(Br)cc1)NNC(=O)c1cc(Br)c[nH]1. The van der Waals surface area contributed by atoms with E-state index in [-0.39, 0.29) is 23.6 Å². The number of H-pyrrole nitrogens is 1. The molecule has 11 heteroatoms. The van der Waals surface area contributed by atoms with Gasteiger partial charge < -0.3 is 4.98 Å². The Morgan fingerprint density at radius 1 is 1.04 bits per heavy atom. The molecule has 2 aromatic rings. The molecule has 0 aliphatic rings. The number of amides is 2. The van der Waals surface area contributed by atoms with Crippen LogP contribution in [-0.4, -0.2) is 31.8 Å². The predicted octanol–water partition coefficient (Wildman–Crippen LogP) is 1.67. The Balaban J connectivity index is 1.76. The van der Waals surface area contributed by atoms with Crippen molar-refractivity contribution in [2.24, 2.45) is 0 Å². The zero-order valence-corrected chi connectivity index (χ0v) is 16.7. The average Bonchev–Trinajstić information content (AvgIpc) is 2.99. The summed E-state index contributed by atoms with van der Waals surface area (Å²) in [4.78, 5) is 26.2. The number of halogens is 2. The lowest BCUT2D eigenvalue weighted by molar-refractivity contribution is -0.121. The van der Waals surface area contributed by atoms with Crippen LogP contribution < -0.4 is 15.6 Å². The van der Waals surface area contributed by atoms with Crippen molar-refractivity contribution in [1.82, 2.24) is 20.6 Å². The van der Waals surface area contributed by atoms with Crippen LogP contribution in [0.5, 0.6) is 0 Å². The van der Waals surface area contributed by atoms with E-state index in [1.807, 2.05) is 0 Å². The Hall–Kier alpha value is -1.69. The first kappa shape index (κ1) is 19.6. The second-order valence-corrected chi connectivity index (χ2v) is 8.43. The first-order valence-electron chi connectivity index (χ1n) is 6.96. The van der Waals surface area contributed by atoms with Crippen molar-refractivity contribution < 1.29 is 18.0 Å². The molecule has 0 atom stereocenters. The highest BCUT2D eigenvalue weighted by atomic mass is 79.9. The maximum absolute atomic E-state index is 12.0. The molecule has 2 amide bonds. The minimum atomic E-state index is -3.69. The van der Waals surface area contributed by atoms with Crippen molar-refractivity contribution in [2.75, 3.05) is 6.54 Å². The number of hydrazine groups is 1. The monoisotopic (exact) mass is 492 g/mol. The van der Waals surface area contributed by atoms with E-state index in [9.17, 15) is 18.0 Å². The fourth-order valence-corrected chi connectivity index (χ4v) is 3.39. The van der Waals surface area contributed by atoms with Crippen LogP contribution in [0.4, 0.5) is 0 Å². The fourth-order valence-electron chi connectivity index (χ4n) is 1.75. The van der Waals surface area contributed by atoms with Crippen molar-refractivity contribution in [3.05, 3.63) is 51.2 Å². The van der Waals surface area contributed by atoms with Crippen molar-refractivity contribution in [3.63, 3.8) is 0 Å². The van der Waals surface area contributed by atoms with E-state index in [1.165, 1.54) is 12.1 Å². The molecule has 0 saturated carbocycles. The summed E-state index contributed by atoms with van der Waals surface area (Å²) in [6, 6.07) is 7.65. The summed E-state index contributed by atoms with van der Waals surface area (Å²) in [6.07, 6.45) is 1.44. The molecule has 0 fully saturated rings. The third kappa shape index (κ3) is 5.96. The van der Waals surface area contributed by atoms with Gasteiger partial charge in [0.1, 0.15) is 5.69 Å². The lowest BCUT2D eigenvalue weighted by Crippen LogP contribution is -2.42. The highest BCUT2D eigenvalue weighted by Gasteiger charge is 2.14. The molecule has 1 heterocycles. The zero-order chi connectivity index (χ0) is 18.4. The van der Waals surface area contributed by atoms with Crippen LogP contribution in [-0.2, 0) is 14.8 Å². The Morgan fingerprint density at radius 3 is 2.32 bits per heavy atom. The molecule has 134 valence electrons. The maximum atomic E-state index is 12.0. The van der Waals surface area contributed by atoms with Gasteiger partial charge in [0.15, 0.2) is 0 Å². The van der Waals surface area contributed by atoms with Gasteiger partial charge in [-0.1, -0.05) is 15.9 Å². The van der Waals surface area contributed by atoms with E-state index in [0.29, 0.717) is 4.47 Å². The van der Waals surface area contributed by atoms with Gasteiger partial charge in [-0.05, 0) is 46.3 Å². The summed E-state index contributed by atoms with van der Waals surface area (Å²) in [7, 11) is -3.69. The number of aromatic amines is 1. The smallest absolute Gasteiger partial charge is 0.286 e. The van der Waals surface area contributed by atoms with Crippen molar-refractivity contribution in [3.8, 4) is 0 Å². The molecule has 0 radical (unpaired) electrons. The van der Waals surface area contributed by atoms with Crippen LogP contribution in [0, 0.1) is 0 Å². The van der Waals surface area contributed by atoms with E-state index >= 15 is 0 Å². The fraction of sp³-hybridized carbons (Fsp3) is 0.143. The zero-order valence-electron chi connectivity index (χ0n) is 12.7. The van der Waals surface area contributed by atoms with Crippen LogP contribution in [0.1, 0.15) is 16.9 Å². The molecule has 0 bridgehead atoms. The summed E-state index contributed by atoms with van der Waals surface area (Å²) in [5.41, 5.74) is 4.70. The van der Waals surface area contributed by atoms with Crippen LogP contribution in [0.3, 0.4) is 0 Å². The Bertz CT molecular complexity index is 865. The molecular formula is C14H14Br2N4O4S. The largest absolute Gasteiger partial charge is 0.356 e. The third-order valence-electron chi connectivity index (χ3n) is 2.98. The molecule has 0 spiro atoms. The second-order valence-electron chi connectivity index (χ2n) is 4.84. The molecule has 1 aromatic carbocycles. The summed E-state index contributed by atoms with van der Waals surface area (Å²) in [5.74, 6) is -1.05. The van der Waals surface area contributed by atoms with Crippen LogP contribution in [0.15, 0.2) is 50.4 Å². The first-order chi connectivity index (χ1) is 11.8. The van der Waals surface area contributed by atoms with Gasteiger partial charge in [-0.15, -0.1) is 0 Å². The molecular weight excluding hydrogens is 480 g/mol. The number of carbonyl (C=O) groups is 2. The Morgan fingerprint density at radius 2 is 1.72 bits per heavy atom. The number of benzene rings is 1. The Kier molecular flexibility index (Phi) is 6.76. The van der Waals surface area contributed by atoms with Gasteiger partial charge in [-0.3, -0.25) is 20.4 Å². The minimum absolute atomic E-state index is 0.0988. The highest BCUT2D eigenvalue weighted by molar-refractivity contribution is 9.10. The number of rotatable bonds is 6. The number of hydrogen-bond donors (Lipinski definition) is 4. The lowest BCUT2D eigenvalue weighted by atomic mass is 10.4. The normalized spacial score (nSPS) is 11.1. The van der Waals surface area contributed by atoms with Gasteiger partial charge in [-0.25, -0.2) is 13.1 Å². The first-order valence-corrected chi connectivity index (χ1v) is 10.0. The van der Waals surface area contributed by atoms with Crippen molar-refractivity contribution in [1.29, 1.82) is 0 Å². The van der Waals surface area contributed by atoms with Crippen molar-refractivity contribution >= 4 is 53.7 Å². The molecule has 25 heavy (non-hydrogen) atoms. The summed E-state index contributed by atoms with van der Waals surface area (Å²) in [5, 5.41) is 0. The summed E-state index contributed by atoms with van der Waals surface area (Å²) in [6.45, 7) is -0.103. The molecule has 1 aromatic heterocycles. The van der Waals surface area contributed by atoms with Gasteiger partial charge in [0.05, 0.1) is 4.90 Å². The molecule has 0 unspecified atom stereocenters. The van der Waals surface area contributed by atoms with Gasteiger partial charge in [-0.2, -0.15) is 0 Å². The van der Waals surface area contributed by atoms with E-state index in [1.54, 1.807) is 24.4 Å². The third-order valence-corrected chi connectivity index (χ3v) is 5.44. The number of hydrogen-bond acceptors (Lipinski definition) is 4. The second kappa shape index (κ2) is 8.61. The highest BCUT2D eigenvalue weighted by Crippen LogP contribution is 2.14.